The molecule has 0 aliphatic rings. The Morgan fingerprint density at radius 2 is 1.81 bits per heavy atom. The standard InChI is InChI=1S/C23H24B3FN6O3/c1-11-14(10-31(2)30-11)12-5-13-16(6-18(12)35-4)29-8-17-20(13)33(22(34)32(17)3)21-15(27)7-28-9-19(21)36-23(24,25)26/h5-10H,24-26H2,1-4H3. The quantitative estimate of drug-likeness (QED) is 0.327. The second kappa shape index (κ2) is 8.29. The van der Waals surface area contributed by atoms with Crippen LogP contribution in [0.15, 0.2) is 41.7 Å². The summed E-state index contributed by atoms with van der Waals surface area (Å²) in [4.78, 5) is 22.1. The molecule has 0 unspecified atom stereocenters. The Kier molecular flexibility index (Phi) is 5.46. The first kappa shape index (κ1) is 23.7. The van der Waals surface area contributed by atoms with Crippen LogP contribution in [0.5, 0.6) is 11.5 Å². The van der Waals surface area contributed by atoms with Crippen molar-refractivity contribution in [3.63, 3.8) is 0 Å². The number of nitrogens with zero attached hydrogens (tertiary/aromatic N) is 6. The second-order valence-electron chi connectivity index (χ2n) is 9.72. The maximum atomic E-state index is 15.4. The summed E-state index contributed by atoms with van der Waals surface area (Å²) in [7, 11) is 10.6. The highest BCUT2D eigenvalue weighted by atomic mass is 19.1. The first-order valence-corrected chi connectivity index (χ1v) is 11.4. The number of imidazole rings is 1. The Labute approximate surface area is 209 Å². The minimum Gasteiger partial charge on any atom is -0.510 e. The van der Waals surface area contributed by atoms with Gasteiger partial charge in [0.15, 0.2) is 11.6 Å². The summed E-state index contributed by atoms with van der Waals surface area (Å²) in [6.07, 6.45) is 6.01. The molecule has 13 heteroatoms. The fraction of sp³-hybridized carbons (Fsp3) is 0.217. The zero-order valence-corrected chi connectivity index (χ0v) is 21.3. The minimum absolute atomic E-state index is 0.00190. The summed E-state index contributed by atoms with van der Waals surface area (Å²) in [6.45, 7) is 1.92. The van der Waals surface area contributed by atoms with Gasteiger partial charge in [-0.15, -0.1) is 0 Å². The Balaban J connectivity index is 1.93. The van der Waals surface area contributed by atoms with E-state index in [0.29, 0.717) is 27.7 Å². The molecule has 0 aliphatic heterocycles. The van der Waals surface area contributed by atoms with Crippen LogP contribution >= 0.6 is 0 Å². The van der Waals surface area contributed by atoms with E-state index in [1.807, 2.05) is 55.8 Å². The largest absolute Gasteiger partial charge is 0.510 e. The number of rotatable bonds is 5. The van der Waals surface area contributed by atoms with Gasteiger partial charge in [-0.05, 0) is 13.0 Å². The Morgan fingerprint density at radius 1 is 1.06 bits per heavy atom. The highest BCUT2D eigenvalue weighted by molar-refractivity contribution is 6.58. The number of hydrogen-bond acceptors (Lipinski definition) is 6. The maximum absolute atomic E-state index is 15.4. The summed E-state index contributed by atoms with van der Waals surface area (Å²) in [5.74, 6) is 0.106. The predicted molar refractivity (Wildman–Crippen MR) is 144 cm³/mol. The fourth-order valence-electron chi connectivity index (χ4n) is 4.51. The van der Waals surface area contributed by atoms with Crippen LogP contribution in [-0.4, -0.2) is 64.8 Å². The first-order chi connectivity index (χ1) is 17.0. The Hall–Kier alpha value is -4.02. The number of fused-ring (bicyclic) bond motifs is 3. The average molecular weight is 484 g/mol. The summed E-state index contributed by atoms with van der Waals surface area (Å²) in [5, 5.41) is 4.48. The van der Waals surface area contributed by atoms with Crippen molar-refractivity contribution in [2.24, 2.45) is 14.1 Å². The molecule has 0 radical (unpaired) electrons. The summed E-state index contributed by atoms with van der Waals surface area (Å²) in [6, 6.07) is 3.72. The van der Waals surface area contributed by atoms with Gasteiger partial charge < -0.3 is 9.47 Å². The lowest BCUT2D eigenvalue weighted by Crippen LogP contribution is -2.38. The van der Waals surface area contributed by atoms with E-state index in [1.54, 1.807) is 25.0 Å². The molecule has 1 aromatic carbocycles. The van der Waals surface area contributed by atoms with Crippen LogP contribution in [0.25, 0.3) is 38.8 Å². The zero-order chi connectivity index (χ0) is 25.9. The molecule has 9 nitrogen and oxygen atoms in total. The molecule has 0 N–H and O–H groups in total. The molecular formula is C23H24B3FN6O3. The third-order valence-electron chi connectivity index (χ3n) is 5.99. The van der Waals surface area contributed by atoms with Crippen molar-refractivity contribution in [3.05, 3.63) is 58.9 Å². The van der Waals surface area contributed by atoms with Crippen LogP contribution in [0, 0.1) is 12.7 Å². The monoisotopic (exact) mass is 484 g/mol. The molecule has 0 bridgehead atoms. The third kappa shape index (κ3) is 3.75. The number of ether oxygens (including phenoxy) is 2. The van der Waals surface area contributed by atoms with Crippen LogP contribution < -0.4 is 15.2 Å². The lowest BCUT2D eigenvalue weighted by molar-refractivity contribution is 0.314. The van der Waals surface area contributed by atoms with Gasteiger partial charge in [0.25, 0.3) is 0 Å². The molecule has 0 amide bonds. The van der Waals surface area contributed by atoms with E-state index in [1.165, 1.54) is 15.3 Å². The van der Waals surface area contributed by atoms with Crippen molar-refractivity contribution in [3.8, 4) is 28.3 Å². The van der Waals surface area contributed by atoms with Crippen LogP contribution in [0.2, 0.25) is 0 Å². The topological polar surface area (TPSA) is 89.0 Å². The molecule has 0 fully saturated rings. The number of aromatic nitrogens is 6. The number of benzene rings is 1. The number of halogens is 1. The second-order valence-corrected chi connectivity index (χ2v) is 9.72. The summed E-state index contributed by atoms with van der Waals surface area (Å²) in [5.41, 5.74) is 3.69. The van der Waals surface area contributed by atoms with E-state index >= 15 is 4.39 Å². The van der Waals surface area contributed by atoms with Gasteiger partial charge in [-0.3, -0.25) is 23.8 Å². The molecule has 0 spiro atoms. The van der Waals surface area contributed by atoms with Crippen molar-refractivity contribution >= 4 is 45.5 Å². The zero-order valence-electron chi connectivity index (χ0n) is 21.3. The molecule has 4 aromatic heterocycles. The van der Waals surface area contributed by atoms with Crippen molar-refractivity contribution in [2.75, 3.05) is 7.11 Å². The molecule has 0 aliphatic carbocycles. The lowest BCUT2D eigenvalue weighted by Gasteiger charge is -2.23. The molecule has 0 saturated carbocycles. The highest BCUT2D eigenvalue weighted by Gasteiger charge is 2.25. The Morgan fingerprint density at radius 3 is 2.44 bits per heavy atom. The van der Waals surface area contributed by atoms with Crippen LogP contribution in [-0.2, 0) is 14.1 Å². The van der Waals surface area contributed by atoms with Gasteiger partial charge in [0.1, 0.15) is 35.0 Å². The third-order valence-corrected chi connectivity index (χ3v) is 5.99. The average Bonchev–Trinajstić information content (AvgIpc) is 3.27. The van der Waals surface area contributed by atoms with E-state index in [0.717, 1.165) is 23.0 Å². The van der Waals surface area contributed by atoms with Gasteiger partial charge in [-0.25, -0.2) is 9.18 Å². The Bertz CT molecular complexity index is 1720. The van der Waals surface area contributed by atoms with E-state index in [9.17, 15) is 4.79 Å². The van der Waals surface area contributed by atoms with Crippen LogP contribution in [0.3, 0.4) is 0 Å². The number of aryl methyl sites for hydroxylation is 3. The van der Waals surface area contributed by atoms with Gasteiger partial charge in [0.05, 0.1) is 47.9 Å². The van der Waals surface area contributed by atoms with E-state index in [2.05, 4.69) is 15.1 Å². The molecule has 5 rings (SSSR count). The minimum atomic E-state index is -0.673. The first-order valence-electron chi connectivity index (χ1n) is 11.4. The molecule has 36 heavy (non-hydrogen) atoms. The molecule has 5 aromatic rings. The lowest BCUT2D eigenvalue weighted by atomic mass is 9.52. The van der Waals surface area contributed by atoms with Gasteiger partial charge in [0, 0.05) is 48.2 Å². The van der Waals surface area contributed by atoms with Gasteiger partial charge >= 0.3 is 5.69 Å². The number of methoxy groups -OCH3 is 1. The molecule has 4 heterocycles. The molecule has 0 saturated heterocycles. The van der Waals surface area contributed by atoms with E-state index in [-0.39, 0.29) is 11.4 Å². The summed E-state index contributed by atoms with van der Waals surface area (Å²) < 4.78 is 31.6. The number of hydrogen-bond donors (Lipinski definition) is 0. The van der Waals surface area contributed by atoms with Crippen LogP contribution in [0.1, 0.15) is 5.69 Å². The smallest absolute Gasteiger partial charge is 0.333 e. The number of pyridine rings is 2. The SMILES string of the molecule is BC(B)(B)Oc1cncc(F)c1-n1c(=O)n(C)c2cnc3cc(OC)c(-c4cn(C)nc4C)cc3c21. The predicted octanol–water partition coefficient (Wildman–Crippen LogP) is 0.0184. The summed E-state index contributed by atoms with van der Waals surface area (Å²) >= 11 is 0. The maximum Gasteiger partial charge on any atom is 0.333 e. The highest BCUT2D eigenvalue weighted by Crippen LogP contribution is 2.38. The van der Waals surface area contributed by atoms with Gasteiger partial charge in [0.2, 0.25) is 0 Å². The van der Waals surface area contributed by atoms with E-state index in [4.69, 9.17) is 9.47 Å². The van der Waals surface area contributed by atoms with Crippen molar-refractivity contribution in [1.29, 1.82) is 0 Å². The molecule has 0 atom stereocenters. The van der Waals surface area contributed by atoms with Crippen molar-refractivity contribution < 1.29 is 13.9 Å². The molecule has 180 valence electrons. The van der Waals surface area contributed by atoms with Gasteiger partial charge in [-0.1, -0.05) is 0 Å². The normalized spacial score (nSPS) is 11.9. The molecular weight excluding hydrogens is 460 g/mol. The van der Waals surface area contributed by atoms with Crippen molar-refractivity contribution in [2.45, 2.75) is 12.2 Å². The van der Waals surface area contributed by atoms with Gasteiger partial charge in [-0.2, -0.15) is 5.10 Å². The fourth-order valence-corrected chi connectivity index (χ4v) is 4.51. The van der Waals surface area contributed by atoms with Crippen LogP contribution in [0.4, 0.5) is 4.39 Å². The van der Waals surface area contributed by atoms with Crippen molar-refractivity contribution in [1.82, 2.24) is 28.9 Å². The van der Waals surface area contributed by atoms with E-state index < -0.39 is 16.8 Å².